The lowest BCUT2D eigenvalue weighted by Gasteiger charge is -2.29. The van der Waals surface area contributed by atoms with Crippen molar-refractivity contribution in [2.24, 2.45) is 7.05 Å². The maximum atomic E-state index is 12.2. The van der Waals surface area contributed by atoms with Crippen LogP contribution < -0.4 is 5.32 Å². The molecule has 1 fully saturated rings. The van der Waals surface area contributed by atoms with Crippen LogP contribution in [0.5, 0.6) is 0 Å². The Morgan fingerprint density at radius 2 is 2.03 bits per heavy atom. The quantitative estimate of drug-likeness (QED) is 0.513. The van der Waals surface area contributed by atoms with Crippen LogP contribution >= 0.6 is 0 Å². The summed E-state index contributed by atoms with van der Waals surface area (Å²) in [4.78, 5) is 18.9. The van der Waals surface area contributed by atoms with E-state index in [1.165, 1.54) is 11.3 Å². The van der Waals surface area contributed by atoms with Crippen LogP contribution in [0.1, 0.15) is 37.1 Å². The number of piperidine rings is 1. The van der Waals surface area contributed by atoms with Crippen LogP contribution in [0.15, 0.2) is 42.9 Å². The predicted octanol–water partition coefficient (Wildman–Crippen LogP) is 3.33. The standard InChI is InChI=1S/C26H29N7O/c1-17(34)32-11-8-25-23(16-32)26(30-33(25)20-6-9-27-10-7-20)21-5-3-4-18-12-24(28-14-22(18)21)19-13-29-31(2)15-19/h3-5,12-15,20,27H,6-11,16H2,1-2H3. The fraction of sp³-hybridized carbons (Fsp3) is 0.385. The number of benzene rings is 1. The number of hydrogen-bond acceptors (Lipinski definition) is 5. The first-order valence-electron chi connectivity index (χ1n) is 12.0. The fourth-order valence-electron chi connectivity index (χ4n) is 5.37. The fourth-order valence-corrected chi connectivity index (χ4v) is 5.37. The first-order valence-corrected chi connectivity index (χ1v) is 12.0. The van der Waals surface area contributed by atoms with E-state index < -0.39 is 0 Å². The lowest BCUT2D eigenvalue weighted by Crippen LogP contribution is -2.36. The maximum absolute atomic E-state index is 12.2. The number of aromatic nitrogens is 5. The Bertz CT molecular complexity index is 1380. The molecule has 0 radical (unpaired) electrons. The van der Waals surface area contributed by atoms with Crippen molar-refractivity contribution < 1.29 is 4.79 Å². The minimum atomic E-state index is 0.118. The van der Waals surface area contributed by atoms with Crippen LogP contribution in [0, 0.1) is 0 Å². The molecule has 0 saturated carbocycles. The van der Waals surface area contributed by atoms with Gasteiger partial charge in [-0.05, 0) is 37.4 Å². The molecule has 2 aliphatic heterocycles. The maximum Gasteiger partial charge on any atom is 0.219 e. The van der Waals surface area contributed by atoms with Crippen LogP contribution in [0.3, 0.4) is 0 Å². The van der Waals surface area contributed by atoms with Gasteiger partial charge in [0.05, 0.1) is 23.6 Å². The van der Waals surface area contributed by atoms with Gasteiger partial charge < -0.3 is 10.2 Å². The first kappa shape index (κ1) is 21.0. The van der Waals surface area contributed by atoms with Crippen LogP contribution in [0.2, 0.25) is 0 Å². The Morgan fingerprint density at radius 1 is 1.18 bits per heavy atom. The highest BCUT2D eigenvalue weighted by molar-refractivity contribution is 5.97. The number of carbonyl (C=O) groups excluding carboxylic acids is 1. The molecule has 8 heteroatoms. The molecule has 0 atom stereocenters. The smallest absolute Gasteiger partial charge is 0.219 e. The molecule has 5 heterocycles. The number of hydrogen-bond donors (Lipinski definition) is 1. The Morgan fingerprint density at radius 3 is 2.79 bits per heavy atom. The Balaban J connectivity index is 1.49. The third kappa shape index (κ3) is 3.58. The summed E-state index contributed by atoms with van der Waals surface area (Å²) in [6, 6.07) is 8.87. The molecule has 3 aromatic heterocycles. The molecule has 6 rings (SSSR count). The molecule has 0 spiro atoms. The van der Waals surface area contributed by atoms with Gasteiger partial charge in [-0.1, -0.05) is 18.2 Å². The number of nitrogens with zero attached hydrogens (tertiary/aromatic N) is 6. The zero-order valence-corrected chi connectivity index (χ0v) is 19.7. The third-order valence-electron chi connectivity index (χ3n) is 7.21. The lowest BCUT2D eigenvalue weighted by atomic mass is 9.96. The molecule has 174 valence electrons. The van der Waals surface area contributed by atoms with Gasteiger partial charge in [-0.15, -0.1) is 0 Å². The predicted molar refractivity (Wildman–Crippen MR) is 131 cm³/mol. The molecular weight excluding hydrogens is 426 g/mol. The van der Waals surface area contributed by atoms with E-state index in [0.717, 1.165) is 72.2 Å². The first-order chi connectivity index (χ1) is 16.6. The highest BCUT2D eigenvalue weighted by Crippen LogP contribution is 2.37. The summed E-state index contributed by atoms with van der Waals surface area (Å²) in [6.07, 6.45) is 8.77. The summed E-state index contributed by atoms with van der Waals surface area (Å²) in [5.41, 5.74) is 6.44. The van der Waals surface area contributed by atoms with Crippen molar-refractivity contribution in [2.75, 3.05) is 19.6 Å². The molecule has 0 bridgehead atoms. The zero-order valence-electron chi connectivity index (χ0n) is 19.7. The highest BCUT2D eigenvalue weighted by atomic mass is 16.2. The number of aryl methyl sites for hydroxylation is 1. The monoisotopic (exact) mass is 455 g/mol. The second-order valence-electron chi connectivity index (χ2n) is 9.39. The van der Waals surface area contributed by atoms with Gasteiger partial charge >= 0.3 is 0 Å². The molecule has 1 saturated heterocycles. The van der Waals surface area contributed by atoms with Crippen molar-refractivity contribution in [2.45, 2.75) is 38.8 Å². The van der Waals surface area contributed by atoms with Gasteiger partial charge in [0.15, 0.2) is 0 Å². The van der Waals surface area contributed by atoms with E-state index in [9.17, 15) is 4.79 Å². The minimum absolute atomic E-state index is 0.118. The largest absolute Gasteiger partial charge is 0.338 e. The molecule has 34 heavy (non-hydrogen) atoms. The van der Waals surface area contributed by atoms with E-state index >= 15 is 0 Å². The number of nitrogens with one attached hydrogen (secondary N) is 1. The van der Waals surface area contributed by atoms with E-state index in [4.69, 9.17) is 10.1 Å². The molecule has 0 unspecified atom stereocenters. The average Bonchev–Trinajstić information content (AvgIpc) is 3.47. The molecule has 1 N–H and O–H groups in total. The summed E-state index contributed by atoms with van der Waals surface area (Å²) in [5.74, 6) is 0.118. The highest BCUT2D eigenvalue weighted by Gasteiger charge is 2.30. The Kier molecular flexibility index (Phi) is 5.17. The molecule has 1 amide bonds. The van der Waals surface area contributed by atoms with Crippen molar-refractivity contribution >= 4 is 16.7 Å². The van der Waals surface area contributed by atoms with Crippen molar-refractivity contribution in [1.29, 1.82) is 0 Å². The summed E-state index contributed by atoms with van der Waals surface area (Å²) >= 11 is 0. The topological polar surface area (TPSA) is 80.9 Å². The number of pyridine rings is 1. The van der Waals surface area contributed by atoms with E-state index in [1.54, 1.807) is 11.6 Å². The zero-order chi connectivity index (χ0) is 23.2. The minimum Gasteiger partial charge on any atom is -0.338 e. The Hall–Kier alpha value is -3.52. The van der Waals surface area contributed by atoms with Gasteiger partial charge in [-0.2, -0.15) is 10.2 Å². The van der Waals surface area contributed by atoms with Crippen molar-refractivity contribution in [3.05, 3.63) is 54.1 Å². The number of rotatable bonds is 3. The number of fused-ring (bicyclic) bond motifs is 2. The van der Waals surface area contributed by atoms with Gasteiger partial charge in [0.25, 0.3) is 0 Å². The van der Waals surface area contributed by atoms with Gasteiger partial charge in [0.1, 0.15) is 0 Å². The molecule has 1 aromatic carbocycles. The number of amides is 1. The normalized spacial score (nSPS) is 16.7. The number of carbonyl (C=O) groups is 1. The lowest BCUT2D eigenvalue weighted by molar-refractivity contribution is -0.129. The van der Waals surface area contributed by atoms with Gasteiger partial charge in [-0.25, -0.2) is 0 Å². The summed E-state index contributed by atoms with van der Waals surface area (Å²) < 4.78 is 4.07. The second-order valence-corrected chi connectivity index (χ2v) is 9.39. The van der Waals surface area contributed by atoms with Crippen LogP contribution in [0.25, 0.3) is 33.3 Å². The van der Waals surface area contributed by atoms with E-state index in [-0.39, 0.29) is 5.91 Å². The summed E-state index contributed by atoms with van der Waals surface area (Å²) in [7, 11) is 1.91. The SMILES string of the molecule is CC(=O)N1CCc2c(c(-c3cccc4cc(-c5cnn(C)c5)ncc34)nn2C2CCNCC2)C1. The van der Waals surface area contributed by atoms with E-state index in [1.807, 2.05) is 30.5 Å². The van der Waals surface area contributed by atoms with E-state index in [2.05, 4.69) is 39.4 Å². The molecule has 8 nitrogen and oxygen atoms in total. The van der Waals surface area contributed by atoms with Crippen LogP contribution in [-0.2, 0) is 24.8 Å². The van der Waals surface area contributed by atoms with Crippen molar-refractivity contribution in [1.82, 2.24) is 34.8 Å². The van der Waals surface area contributed by atoms with Crippen molar-refractivity contribution in [3.8, 4) is 22.5 Å². The summed E-state index contributed by atoms with van der Waals surface area (Å²) in [6.45, 7) is 5.06. The Labute approximate surface area is 198 Å². The van der Waals surface area contributed by atoms with Gasteiger partial charge in [0.2, 0.25) is 5.91 Å². The van der Waals surface area contributed by atoms with Crippen LogP contribution in [-0.4, -0.2) is 55.0 Å². The molecule has 2 aliphatic rings. The van der Waals surface area contributed by atoms with Gasteiger partial charge in [0, 0.05) is 73.6 Å². The average molecular weight is 456 g/mol. The van der Waals surface area contributed by atoms with Crippen molar-refractivity contribution in [3.63, 3.8) is 0 Å². The van der Waals surface area contributed by atoms with E-state index in [0.29, 0.717) is 12.6 Å². The van der Waals surface area contributed by atoms with Gasteiger partial charge in [-0.3, -0.25) is 19.1 Å². The summed E-state index contributed by atoms with van der Waals surface area (Å²) in [5, 5.41) is 15.2. The molecular formula is C26H29N7O. The second kappa shape index (κ2) is 8.36. The van der Waals surface area contributed by atoms with Crippen LogP contribution in [0.4, 0.5) is 0 Å². The third-order valence-corrected chi connectivity index (χ3v) is 7.21. The molecule has 4 aromatic rings. The molecule has 0 aliphatic carbocycles.